The Kier molecular flexibility index (Phi) is 5.00. The predicted octanol–water partition coefficient (Wildman–Crippen LogP) is -0.613. The normalized spacial score (nSPS) is 29.9. The van der Waals surface area contributed by atoms with Crippen molar-refractivity contribution in [3.05, 3.63) is 30.0 Å². The van der Waals surface area contributed by atoms with Crippen LogP contribution in [0.5, 0.6) is 11.5 Å². The lowest BCUT2D eigenvalue weighted by Gasteiger charge is -2.39. The molecule has 4 rings (SSSR count). The van der Waals surface area contributed by atoms with E-state index in [1.807, 2.05) is 6.07 Å². The van der Waals surface area contributed by atoms with Crippen molar-refractivity contribution in [2.45, 2.75) is 37.3 Å². The number of hydrogen-bond donors (Lipinski definition) is 4. The van der Waals surface area contributed by atoms with Crippen molar-refractivity contribution in [2.75, 3.05) is 13.4 Å². The summed E-state index contributed by atoms with van der Waals surface area (Å²) < 4.78 is 26.5. The average molecular weight is 381 g/mol. The van der Waals surface area contributed by atoms with Crippen molar-refractivity contribution in [3.8, 4) is 22.8 Å². The van der Waals surface area contributed by atoms with Gasteiger partial charge in [-0.15, -0.1) is 0 Å². The first-order valence-corrected chi connectivity index (χ1v) is 8.34. The molecule has 2 aliphatic rings. The quantitative estimate of drug-likeness (QED) is 0.529. The van der Waals surface area contributed by atoms with Gasteiger partial charge in [0.15, 0.2) is 23.5 Å². The summed E-state index contributed by atoms with van der Waals surface area (Å²) in [5.74, 6) is 1.64. The van der Waals surface area contributed by atoms with Crippen LogP contribution in [0.3, 0.4) is 0 Å². The van der Waals surface area contributed by atoms with Crippen LogP contribution in [0.4, 0.5) is 0 Å². The smallest absolute Gasteiger partial charge is 0.231 e. The summed E-state index contributed by atoms with van der Waals surface area (Å²) in [5, 5.41) is 42.6. The highest BCUT2D eigenvalue weighted by Gasteiger charge is 2.44. The van der Waals surface area contributed by atoms with Crippen LogP contribution in [0.2, 0.25) is 0 Å². The number of nitrogens with zero attached hydrogens (tertiary/aromatic N) is 1. The molecule has 0 amide bonds. The maximum Gasteiger partial charge on any atom is 0.231 e. The molecule has 1 saturated heterocycles. The maximum atomic E-state index is 9.96. The summed E-state index contributed by atoms with van der Waals surface area (Å²) in [4.78, 5) is 0. The fraction of sp³-hybridized carbons (Fsp3) is 0.471. The number of benzene rings is 1. The van der Waals surface area contributed by atoms with Crippen LogP contribution in [-0.2, 0) is 16.1 Å². The Balaban J connectivity index is 1.41. The standard InChI is InChI=1S/C17H19NO9/c19-5-13-14(20)15(21)16(22)17(26-13)23-6-9-4-10(18-27-9)8-1-2-11-12(3-8)25-7-24-11/h1-4,13-17,19-22H,5-7H2/t13-,14-,15+,16-,17+/m1/s1. The molecule has 1 aromatic heterocycles. The van der Waals surface area contributed by atoms with Gasteiger partial charge < -0.3 is 43.9 Å². The SMILES string of the molecule is OC[C@H]1O[C@H](OCc2cc(-c3ccc4c(c3)OCO4)no2)[C@H](O)[C@@H](O)[C@@H]1O. The second-order valence-corrected chi connectivity index (χ2v) is 6.25. The minimum absolute atomic E-state index is 0.0970. The first-order chi connectivity index (χ1) is 13.1. The van der Waals surface area contributed by atoms with E-state index >= 15 is 0 Å². The second-order valence-electron chi connectivity index (χ2n) is 6.25. The molecular weight excluding hydrogens is 362 g/mol. The van der Waals surface area contributed by atoms with Gasteiger partial charge in [-0.2, -0.15) is 0 Å². The van der Waals surface area contributed by atoms with Crippen LogP contribution in [-0.4, -0.2) is 69.7 Å². The lowest BCUT2D eigenvalue weighted by Crippen LogP contribution is -2.59. The molecule has 10 heteroatoms. The van der Waals surface area contributed by atoms with Crippen LogP contribution in [0.25, 0.3) is 11.3 Å². The number of ether oxygens (including phenoxy) is 4. The van der Waals surface area contributed by atoms with E-state index in [0.29, 0.717) is 23.0 Å². The molecule has 10 nitrogen and oxygen atoms in total. The Morgan fingerprint density at radius 2 is 1.85 bits per heavy atom. The Hall–Kier alpha value is -2.21. The van der Waals surface area contributed by atoms with E-state index in [1.165, 1.54) is 0 Å². The van der Waals surface area contributed by atoms with E-state index in [2.05, 4.69) is 5.16 Å². The molecule has 2 aromatic rings. The average Bonchev–Trinajstić information content (AvgIpc) is 3.34. The molecule has 0 aliphatic carbocycles. The summed E-state index contributed by atoms with van der Waals surface area (Å²) in [5.41, 5.74) is 1.32. The van der Waals surface area contributed by atoms with Crippen LogP contribution < -0.4 is 9.47 Å². The van der Waals surface area contributed by atoms with Crippen LogP contribution in [0, 0.1) is 0 Å². The van der Waals surface area contributed by atoms with E-state index < -0.39 is 37.3 Å². The first-order valence-electron chi connectivity index (χ1n) is 8.34. The monoisotopic (exact) mass is 381 g/mol. The topological polar surface area (TPSA) is 144 Å². The molecule has 4 N–H and O–H groups in total. The summed E-state index contributed by atoms with van der Waals surface area (Å²) in [6.45, 7) is -0.447. The van der Waals surface area contributed by atoms with Crippen molar-refractivity contribution in [1.82, 2.24) is 5.16 Å². The highest BCUT2D eigenvalue weighted by molar-refractivity contribution is 5.64. The number of aliphatic hydroxyl groups is 4. The van der Waals surface area contributed by atoms with E-state index in [1.54, 1.807) is 18.2 Å². The van der Waals surface area contributed by atoms with Crippen molar-refractivity contribution in [1.29, 1.82) is 0 Å². The van der Waals surface area contributed by atoms with Gasteiger partial charge in [0, 0.05) is 11.6 Å². The van der Waals surface area contributed by atoms with E-state index in [9.17, 15) is 20.4 Å². The fourth-order valence-electron chi connectivity index (χ4n) is 2.94. The Morgan fingerprint density at radius 1 is 1.04 bits per heavy atom. The van der Waals surface area contributed by atoms with Gasteiger partial charge in [0.2, 0.25) is 6.79 Å². The van der Waals surface area contributed by atoms with E-state index in [-0.39, 0.29) is 13.4 Å². The fourth-order valence-corrected chi connectivity index (χ4v) is 2.94. The number of aromatic nitrogens is 1. The van der Waals surface area contributed by atoms with E-state index in [0.717, 1.165) is 5.56 Å². The Bertz CT molecular complexity index is 792. The van der Waals surface area contributed by atoms with Gasteiger partial charge in [-0.25, -0.2) is 0 Å². The van der Waals surface area contributed by atoms with Crippen molar-refractivity contribution in [3.63, 3.8) is 0 Å². The Morgan fingerprint density at radius 3 is 2.67 bits per heavy atom. The lowest BCUT2D eigenvalue weighted by atomic mass is 9.99. The zero-order valence-corrected chi connectivity index (χ0v) is 14.1. The van der Waals surface area contributed by atoms with Gasteiger partial charge in [0.1, 0.15) is 36.7 Å². The zero-order valence-electron chi connectivity index (χ0n) is 14.1. The minimum Gasteiger partial charge on any atom is -0.454 e. The number of fused-ring (bicyclic) bond motifs is 1. The molecule has 146 valence electrons. The molecule has 0 spiro atoms. The third kappa shape index (κ3) is 3.50. The first kappa shape index (κ1) is 18.2. The third-order valence-electron chi connectivity index (χ3n) is 4.47. The minimum atomic E-state index is -1.50. The molecule has 1 aromatic carbocycles. The highest BCUT2D eigenvalue weighted by atomic mass is 16.7. The van der Waals surface area contributed by atoms with Gasteiger partial charge in [-0.3, -0.25) is 0 Å². The van der Waals surface area contributed by atoms with E-state index in [4.69, 9.17) is 23.5 Å². The summed E-state index contributed by atoms with van der Waals surface area (Å²) >= 11 is 0. The molecule has 0 unspecified atom stereocenters. The predicted molar refractivity (Wildman–Crippen MR) is 86.6 cm³/mol. The van der Waals surface area contributed by atoms with Crippen LogP contribution >= 0.6 is 0 Å². The molecule has 5 atom stereocenters. The van der Waals surface area contributed by atoms with Crippen molar-refractivity contribution >= 4 is 0 Å². The summed E-state index contributed by atoms with van der Waals surface area (Å²) in [7, 11) is 0. The molecule has 27 heavy (non-hydrogen) atoms. The third-order valence-corrected chi connectivity index (χ3v) is 4.47. The Labute approximate surface area is 153 Å². The largest absolute Gasteiger partial charge is 0.454 e. The van der Waals surface area contributed by atoms with Crippen molar-refractivity contribution in [2.24, 2.45) is 0 Å². The summed E-state index contributed by atoms with van der Waals surface area (Å²) in [6, 6.07) is 7.02. The molecule has 1 fully saturated rings. The molecular formula is C17H19NO9. The number of rotatable bonds is 5. The zero-order chi connectivity index (χ0) is 19.0. The lowest BCUT2D eigenvalue weighted by molar-refractivity contribution is -0.305. The second kappa shape index (κ2) is 7.43. The van der Waals surface area contributed by atoms with Gasteiger partial charge >= 0.3 is 0 Å². The molecule has 3 heterocycles. The number of hydrogen-bond acceptors (Lipinski definition) is 10. The van der Waals surface area contributed by atoms with Gasteiger partial charge in [0.05, 0.1) is 6.61 Å². The van der Waals surface area contributed by atoms with Crippen LogP contribution in [0.15, 0.2) is 28.8 Å². The molecule has 0 radical (unpaired) electrons. The van der Waals surface area contributed by atoms with Gasteiger partial charge in [0.25, 0.3) is 0 Å². The van der Waals surface area contributed by atoms with Crippen molar-refractivity contribution < 1.29 is 43.9 Å². The summed E-state index contributed by atoms with van der Waals surface area (Å²) in [6.07, 6.45) is -6.68. The van der Waals surface area contributed by atoms with Gasteiger partial charge in [-0.1, -0.05) is 5.16 Å². The van der Waals surface area contributed by atoms with Gasteiger partial charge in [-0.05, 0) is 18.2 Å². The highest BCUT2D eigenvalue weighted by Crippen LogP contribution is 2.35. The molecule has 2 aliphatic heterocycles. The molecule has 0 saturated carbocycles. The van der Waals surface area contributed by atoms with Crippen LogP contribution in [0.1, 0.15) is 5.76 Å². The number of aliphatic hydroxyl groups excluding tert-OH is 4. The maximum absolute atomic E-state index is 9.96. The molecule has 0 bridgehead atoms.